The van der Waals surface area contributed by atoms with Crippen molar-refractivity contribution in [2.45, 2.75) is 44.6 Å². The summed E-state index contributed by atoms with van der Waals surface area (Å²) in [5.41, 5.74) is 0.548. The standard InChI is InChI=1S/C15H20FNO2/c1-14(2,3)19-13(18)17-10-15(8-9-15)11-4-6-12(16)7-5-11/h4-7H,8-10H2,1-3H3,(H,17,18). The predicted molar refractivity (Wildman–Crippen MR) is 71.5 cm³/mol. The maximum atomic E-state index is 12.9. The quantitative estimate of drug-likeness (QED) is 0.909. The van der Waals surface area contributed by atoms with Gasteiger partial charge in [-0.05, 0) is 51.3 Å². The first-order valence-electron chi connectivity index (χ1n) is 6.54. The highest BCUT2D eigenvalue weighted by Crippen LogP contribution is 2.47. The summed E-state index contributed by atoms with van der Waals surface area (Å²) in [6.45, 7) is 6.03. The Bertz CT molecular complexity index is 458. The van der Waals surface area contributed by atoms with Gasteiger partial charge in [0.05, 0.1) is 0 Å². The molecule has 1 aromatic rings. The van der Waals surface area contributed by atoms with Gasteiger partial charge in [0.1, 0.15) is 11.4 Å². The van der Waals surface area contributed by atoms with E-state index in [4.69, 9.17) is 4.74 Å². The lowest BCUT2D eigenvalue weighted by molar-refractivity contribution is 0.0522. The van der Waals surface area contributed by atoms with Gasteiger partial charge in [0.25, 0.3) is 0 Å². The highest BCUT2D eigenvalue weighted by Gasteiger charge is 2.44. The smallest absolute Gasteiger partial charge is 0.407 e. The van der Waals surface area contributed by atoms with E-state index in [1.807, 2.05) is 20.8 Å². The number of hydrogen-bond acceptors (Lipinski definition) is 2. The van der Waals surface area contributed by atoms with Crippen LogP contribution in [0, 0.1) is 5.82 Å². The molecule has 1 aromatic carbocycles. The number of hydrogen-bond donors (Lipinski definition) is 1. The summed E-state index contributed by atoms with van der Waals surface area (Å²) >= 11 is 0. The highest BCUT2D eigenvalue weighted by atomic mass is 19.1. The third-order valence-electron chi connectivity index (χ3n) is 3.28. The van der Waals surface area contributed by atoms with E-state index in [9.17, 15) is 9.18 Å². The Balaban J connectivity index is 1.92. The van der Waals surface area contributed by atoms with Gasteiger partial charge < -0.3 is 10.1 Å². The molecular formula is C15H20FNO2. The first-order valence-corrected chi connectivity index (χ1v) is 6.54. The molecule has 0 spiro atoms. The van der Waals surface area contributed by atoms with E-state index in [0.29, 0.717) is 6.54 Å². The SMILES string of the molecule is CC(C)(C)OC(=O)NCC1(c2ccc(F)cc2)CC1. The summed E-state index contributed by atoms with van der Waals surface area (Å²) < 4.78 is 18.1. The van der Waals surface area contributed by atoms with Gasteiger partial charge in [0, 0.05) is 12.0 Å². The lowest BCUT2D eigenvalue weighted by atomic mass is 9.96. The van der Waals surface area contributed by atoms with Crippen molar-refractivity contribution in [1.29, 1.82) is 0 Å². The Morgan fingerprint density at radius 1 is 1.32 bits per heavy atom. The zero-order valence-electron chi connectivity index (χ0n) is 11.6. The first kappa shape index (κ1) is 13.8. The minimum absolute atomic E-state index is 0.0371. The Morgan fingerprint density at radius 2 is 1.89 bits per heavy atom. The van der Waals surface area contributed by atoms with Gasteiger partial charge in [-0.25, -0.2) is 9.18 Å². The lowest BCUT2D eigenvalue weighted by Crippen LogP contribution is -2.37. The summed E-state index contributed by atoms with van der Waals surface area (Å²) in [6, 6.07) is 6.50. The van der Waals surface area contributed by atoms with Gasteiger partial charge in [0.2, 0.25) is 0 Å². The van der Waals surface area contributed by atoms with Crippen molar-refractivity contribution in [2.75, 3.05) is 6.54 Å². The molecule has 0 radical (unpaired) electrons. The molecule has 0 bridgehead atoms. The molecular weight excluding hydrogens is 245 g/mol. The normalized spacial score (nSPS) is 16.8. The van der Waals surface area contributed by atoms with Gasteiger partial charge in [-0.3, -0.25) is 0 Å². The number of alkyl carbamates (subject to hydrolysis) is 1. The molecule has 0 heterocycles. The molecule has 1 saturated carbocycles. The van der Waals surface area contributed by atoms with Crippen LogP contribution in [0.15, 0.2) is 24.3 Å². The average molecular weight is 265 g/mol. The van der Waals surface area contributed by atoms with Crippen LogP contribution in [0.25, 0.3) is 0 Å². The molecule has 2 rings (SSSR count). The number of carbonyl (C=O) groups excluding carboxylic acids is 1. The van der Waals surface area contributed by atoms with Crippen LogP contribution in [0.5, 0.6) is 0 Å². The van der Waals surface area contributed by atoms with Gasteiger partial charge >= 0.3 is 6.09 Å². The van der Waals surface area contributed by atoms with E-state index in [1.54, 1.807) is 12.1 Å². The van der Waals surface area contributed by atoms with Crippen molar-refractivity contribution in [2.24, 2.45) is 0 Å². The summed E-state index contributed by atoms with van der Waals surface area (Å²) in [5.74, 6) is -0.236. The van der Waals surface area contributed by atoms with Crippen LogP contribution < -0.4 is 5.32 Å². The van der Waals surface area contributed by atoms with Crippen molar-refractivity contribution in [1.82, 2.24) is 5.32 Å². The minimum atomic E-state index is -0.489. The van der Waals surface area contributed by atoms with Gasteiger partial charge in [-0.2, -0.15) is 0 Å². The second-order valence-electron chi connectivity index (χ2n) is 6.14. The van der Waals surface area contributed by atoms with Gasteiger partial charge in [-0.1, -0.05) is 12.1 Å². The molecule has 0 atom stereocenters. The number of amides is 1. The fourth-order valence-electron chi connectivity index (χ4n) is 2.08. The van der Waals surface area contributed by atoms with Crippen LogP contribution in [-0.4, -0.2) is 18.2 Å². The second-order valence-corrected chi connectivity index (χ2v) is 6.14. The number of nitrogens with one attached hydrogen (secondary N) is 1. The summed E-state index contributed by atoms with van der Waals surface area (Å²) in [7, 11) is 0. The molecule has 0 aliphatic heterocycles. The average Bonchev–Trinajstić information content (AvgIpc) is 3.06. The monoisotopic (exact) mass is 265 g/mol. The molecule has 104 valence electrons. The van der Waals surface area contributed by atoms with Gasteiger partial charge in [-0.15, -0.1) is 0 Å². The van der Waals surface area contributed by atoms with Crippen molar-refractivity contribution in [3.8, 4) is 0 Å². The minimum Gasteiger partial charge on any atom is -0.444 e. The summed E-state index contributed by atoms with van der Waals surface area (Å²) in [5, 5.41) is 2.80. The number of halogens is 1. The number of benzene rings is 1. The molecule has 3 nitrogen and oxygen atoms in total. The maximum Gasteiger partial charge on any atom is 0.407 e. The van der Waals surface area contributed by atoms with E-state index in [2.05, 4.69) is 5.32 Å². The topological polar surface area (TPSA) is 38.3 Å². The van der Waals surface area contributed by atoms with Crippen LogP contribution in [-0.2, 0) is 10.2 Å². The molecule has 1 N–H and O–H groups in total. The zero-order chi connectivity index (χ0) is 14.1. The molecule has 0 aromatic heterocycles. The number of rotatable bonds is 3. The molecule has 1 fully saturated rings. The molecule has 0 saturated heterocycles. The van der Waals surface area contributed by atoms with Crippen LogP contribution in [0.2, 0.25) is 0 Å². The fourth-order valence-corrected chi connectivity index (χ4v) is 2.08. The maximum absolute atomic E-state index is 12.9. The third-order valence-corrected chi connectivity index (χ3v) is 3.28. The molecule has 4 heteroatoms. The van der Waals surface area contributed by atoms with E-state index < -0.39 is 11.7 Å². The molecule has 1 aliphatic carbocycles. The third kappa shape index (κ3) is 3.69. The first-order chi connectivity index (χ1) is 8.81. The lowest BCUT2D eigenvalue weighted by Gasteiger charge is -2.22. The second kappa shape index (κ2) is 4.83. The summed E-state index contributed by atoms with van der Waals surface area (Å²) in [6.07, 6.45) is 1.61. The van der Waals surface area contributed by atoms with E-state index in [0.717, 1.165) is 18.4 Å². The molecule has 19 heavy (non-hydrogen) atoms. The van der Waals surface area contributed by atoms with Crippen molar-refractivity contribution in [3.63, 3.8) is 0 Å². The Morgan fingerprint density at radius 3 is 2.37 bits per heavy atom. The van der Waals surface area contributed by atoms with E-state index in [1.165, 1.54) is 12.1 Å². The predicted octanol–water partition coefficient (Wildman–Crippen LogP) is 3.38. The fraction of sp³-hybridized carbons (Fsp3) is 0.533. The Kier molecular flexibility index (Phi) is 3.52. The molecule has 0 unspecified atom stereocenters. The number of carbonyl (C=O) groups is 1. The van der Waals surface area contributed by atoms with E-state index >= 15 is 0 Å². The van der Waals surface area contributed by atoms with Crippen molar-refractivity contribution >= 4 is 6.09 Å². The Hall–Kier alpha value is -1.58. The molecule has 1 aliphatic rings. The van der Waals surface area contributed by atoms with Crippen molar-refractivity contribution < 1.29 is 13.9 Å². The van der Waals surface area contributed by atoms with Crippen LogP contribution in [0.1, 0.15) is 39.2 Å². The van der Waals surface area contributed by atoms with Crippen LogP contribution in [0.3, 0.4) is 0 Å². The summed E-state index contributed by atoms with van der Waals surface area (Å²) in [4.78, 5) is 11.6. The molecule has 1 amide bonds. The van der Waals surface area contributed by atoms with Gasteiger partial charge in [0.15, 0.2) is 0 Å². The van der Waals surface area contributed by atoms with Crippen molar-refractivity contribution in [3.05, 3.63) is 35.6 Å². The van der Waals surface area contributed by atoms with Crippen LogP contribution >= 0.6 is 0 Å². The van der Waals surface area contributed by atoms with Crippen LogP contribution in [0.4, 0.5) is 9.18 Å². The largest absolute Gasteiger partial charge is 0.444 e. The van der Waals surface area contributed by atoms with E-state index in [-0.39, 0.29) is 11.2 Å². The highest BCUT2D eigenvalue weighted by molar-refractivity contribution is 5.68. The Labute approximate surface area is 113 Å². The number of ether oxygens (including phenoxy) is 1. The zero-order valence-corrected chi connectivity index (χ0v) is 11.6.